The molecule has 0 saturated carbocycles. The van der Waals surface area contributed by atoms with Crippen molar-refractivity contribution in [2.45, 2.75) is 13.8 Å². The van der Waals surface area contributed by atoms with Crippen LogP contribution in [0.25, 0.3) is 0 Å². The summed E-state index contributed by atoms with van der Waals surface area (Å²) in [6.45, 7) is 4.34. The predicted molar refractivity (Wildman–Crippen MR) is 70.1 cm³/mol. The molecule has 18 heavy (non-hydrogen) atoms. The van der Waals surface area contributed by atoms with Crippen molar-refractivity contribution in [3.63, 3.8) is 0 Å². The Morgan fingerprint density at radius 2 is 2.11 bits per heavy atom. The molecule has 1 aliphatic heterocycles. The second kappa shape index (κ2) is 4.68. The summed E-state index contributed by atoms with van der Waals surface area (Å²) in [7, 11) is 0. The van der Waals surface area contributed by atoms with Gasteiger partial charge < -0.3 is 11.1 Å². The molecule has 3 N–H and O–H groups in total. The van der Waals surface area contributed by atoms with Crippen LogP contribution in [0.1, 0.15) is 13.8 Å². The molecule has 5 heteroatoms. The topological polar surface area (TPSA) is 75.4 Å². The molecule has 1 aromatic carbocycles. The van der Waals surface area contributed by atoms with Gasteiger partial charge in [-0.1, -0.05) is 19.9 Å². The molecule has 1 heterocycles. The van der Waals surface area contributed by atoms with Gasteiger partial charge in [0.2, 0.25) is 5.91 Å². The Bertz CT molecular complexity index is 485. The van der Waals surface area contributed by atoms with Gasteiger partial charge >= 0.3 is 6.03 Å². The molecule has 0 spiro atoms. The molecule has 0 aromatic heterocycles. The zero-order valence-corrected chi connectivity index (χ0v) is 10.5. The molecule has 1 fully saturated rings. The van der Waals surface area contributed by atoms with E-state index in [4.69, 9.17) is 5.73 Å². The van der Waals surface area contributed by atoms with Gasteiger partial charge in [-0.2, -0.15) is 0 Å². The number of hydrogen-bond acceptors (Lipinski definition) is 3. The highest BCUT2D eigenvalue weighted by Crippen LogP contribution is 2.24. The van der Waals surface area contributed by atoms with Crippen molar-refractivity contribution in [1.82, 2.24) is 5.32 Å². The zero-order valence-electron chi connectivity index (χ0n) is 10.5. The maximum Gasteiger partial charge on any atom is 0.328 e. The number of nitrogens with two attached hydrogens (primary N) is 1. The molecule has 0 radical (unpaired) electrons. The zero-order chi connectivity index (χ0) is 13.3. The lowest BCUT2D eigenvalue weighted by Crippen LogP contribution is -2.56. The first-order valence-corrected chi connectivity index (χ1v) is 5.98. The molecule has 0 aliphatic carbocycles. The summed E-state index contributed by atoms with van der Waals surface area (Å²) in [5.74, 6) is -0.176. The summed E-state index contributed by atoms with van der Waals surface area (Å²) in [4.78, 5) is 25.3. The fourth-order valence-corrected chi connectivity index (χ4v) is 2.06. The highest BCUT2D eigenvalue weighted by molar-refractivity contribution is 6.16. The third-order valence-electron chi connectivity index (χ3n) is 3.15. The Labute approximate surface area is 106 Å². The van der Waals surface area contributed by atoms with Crippen LogP contribution in [0.4, 0.5) is 16.2 Å². The number of benzene rings is 1. The number of imide groups is 1. The van der Waals surface area contributed by atoms with Crippen molar-refractivity contribution in [1.29, 1.82) is 0 Å². The van der Waals surface area contributed by atoms with Crippen molar-refractivity contribution < 1.29 is 9.59 Å². The van der Waals surface area contributed by atoms with Gasteiger partial charge in [0, 0.05) is 12.2 Å². The molecule has 5 nitrogen and oxygen atoms in total. The first-order valence-electron chi connectivity index (χ1n) is 5.98. The minimum absolute atomic E-state index is 0.167. The molecule has 96 valence electrons. The number of hydrogen-bond donors (Lipinski definition) is 2. The van der Waals surface area contributed by atoms with Gasteiger partial charge in [-0.25, -0.2) is 9.69 Å². The van der Waals surface area contributed by atoms with E-state index in [0.29, 0.717) is 17.9 Å². The highest BCUT2D eigenvalue weighted by atomic mass is 16.2. The normalized spacial score (nSPS) is 20.2. The molecule has 1 aliphatic rings. The van der Waals surface area contributed by atoms with E-state index in [1.54, 1.807) is 24.3 Å². The van der Waals surface area contributed by atoms with Crippen molar-refractivity contribution in [2.24, 2.45) is 11.8 Å². The maximum absolute atomic E-state index is 12.3. The Morgan fingerprint density at radius 1 is 1.39 bits per heavy atom. The van der Waals surface area contributed by atoms with Crippen LogP contribution in [0.5, 0.6) is 0 Å². The van der Waals surface area contributed by atoms with Crippen LogP contribution in [-0.4, -0.2) is 18.5 Å². The van der Waals surface area contributed by atoms with Crippen LogP contribution in [0.2, 0.25) is 0 Å². The Balaban J connectivity index is 2.35. The van der Waals surface area contributed by atoms with E-state index >= 15 is 0 Å². The fraction of sp³-hybridized carbons (Fsp3) is 0.385. The van der Waals surface area contributed by atoms with Crippen LogP contribution >= 0.6 is 0 Å². The van der Waals surface area contributed by atoms with E-state index in [9.17, 15) is 9.59 Å². The standard InChI is InChI=1S/C13H17N3O2/c1-8(2)11-7-15-13(18)16(12(11)17)10-5-3-4-9(14)6-10/h3-6,8,11H,7,14H2,1-2H3,(H,15,18). The summed E-state index contributed by atoms with van der Waals surface area (Å²) in [5, 5.41) is 2.74. The number of carbonyl (C=O) groups is 2. The average molecular weight is 247 g/mol. The van der Waals surface area contributed by atoms with Crippen LogP contribution in [0.15, 0.2) is 24.3 Å². The second-order valence-electron chi connectivity index (χ2n) is 4.81. The largest absolute Gasteiger partial charge is 0.399 e. The van der Waals surface area contributed by atoms with E-state index in [0.717, 1.165) is 0 Å². The van der Waals surface area contributed by atoms with Crippen molar-refractivity contribution in [2.75, 3.05) is 17.2 Å². The van der Waals surface area contributed by atoms with Crippen LogP contribution < -0.4 is 16.0 Å². The van der Waals surface area contributed by atoms with E-state index in [-0.39, 0.29) is 23.8 Å². The SMILES string of the molecule is CC(C)C1CNC(=O)N(c2cccc(N)c2)C1=O. The van der Waals surface area contributed by atoms with E-state index in [1.165, 1.54) is 4.90 Å². The lowest BCUT2D eigenvalue weighted by atomic mass is 9.92. The van der Waals surface area contributed by atoms with Crippen molar-refractivity contribution in [3.05, 3.63) is 24.3 Å². The smallest absolute Gasteiger partial charge is 0.328 e. The Kier molecular flexibility index (Phi) is 3.23. The van der Waals surface area contributed by atoms with Crippen molar-refractivity contribution >= 4 is 23.3 Å². The van der Waals surface area contributed by atoms with Crippen molar-refractivity contribution in [3.8, 4) is 0 Å². The number of nitrogen functional groups attached to an aromatic ring is 1. The van der Waals surface area contributed by atoms with E-state index < -0.39 is 0 Å². The number of urea groups is 1. The van der Waals surface area contributed by atoms with Gasteiger partial charge in [-0.15, -0.1) is 0 Å². The molecule has 1 unspecified atom stereocenters. The predicted octanol–water partition coefficient (Wildman–Crippen LogP) is 1.60. The molecule has 3 amide bonds. The summed E-state index contributed by atoms with van der Waals surface area (Å²) < 4.78 is 0. The van der Waals surface area contributed by atoms with Gasteiger partial charge in [0.1, 0.15) is 0 Å². The molecule has 1 aromatic rings. The number of nitrogens with one attached hydrogen (secondary N) is 1. The third kappa shape index (κ3) is 2.16. The lowest BCUT2D eigenvalue weighted by molar-refractivity contribution is -0.123. The minimum atomic E-state index is -0.387. The summed E-state index contributed by atoms with van der Waals surface area (Å²) >= 11 is 0. The highest BCUT2D eigenvalue weighted by Gasteiger charge is 2.36. The first kappa shape index (κ1) is 12.4. The summed E-state index contributed by atoms with van der Waals surface area (Å²) in [6.07, 6.45) is 0. The monoisotopic (exact) mass is 247 g/mol. The fourth-order valence-electron chi connectivity index (χ4n) is 2.06. The van der Waals surface area contributed by atoms with Gasteiger partial charge in [0.15, 0.2) is 0 Å². The maximum atomic E-state index is 12.3. The minimum Gasteiger partial charge on any atom is -0.399 e. The number of rotatable bonds is 2. The lowest BCUT2D eigenvalue weighted by Gasteiger charge is -2.33. The molecule has 1 saturated heterocycles. The Hall–Kier alpha value is -2.04. The van der Waals surface area contributed by atoms with Crippen LogP contribution in [0, 0.1) is 11.8 Å². The third-order valence-corrected chi connectivity index (χ3v) is 3.15. The molecule has 0 bridgehead atoms. The molecule has 1 atom stereocenters. The van der Waals surface area contributed by atoms with E-state index in [1.807, 2.05) is 13.8 Å². The number of carbonyl (C=O) groups excluding carboxylic acids is 2. The summed E-state index contributed by atoms with van der Waals surface area (Å²) in [5.41, 5.74) is 6.73. The second-order valence-corrected chi connectivity index (χ2v) is 4.81. The van der Waals surface area contributed by atoms with Gasteiger partial charge in [-0.05, 0) is 24.1 Å². The molecule has 2 rings (SSSR count). The van der Waals surface area contributed by atoms with Gasteiger partial charge in [0.25, 0.3) is 0 Å². The molecular weight excluding hydrogens is 230 g/mol. The summed E-state index contributed by atoms with van der Waals surface area (Å²) in [6, 6.07) is 6.39. The number of nitrogens with zero attached hydrogens (tertiary/aromatic N) is 1. The number of amides is 3. The Morgan fingerprint density at radius 3 is 2.72 bits per heavy atom. The average Bonchev–Trinajstić information content (AvgIpc) is 2.28. The molecular formula is C13H17N3O2. The van der Waals surface area contributed by atoms with Crippen LogP contribution in [-0.2, 0) is 4.79 Å². The first-order chi connectivity index (χ1) is 8.50. The van der Waals surface area contributed by atoms with E-state index in [2.05, 4.69) is 5.32 Å². The van der Waals surface area contributed by atoms with Gasteiger partial charge in [-0.3, -0.25) is 4.79 Å². The van der Waals surface area contributed by atoms with Crippen LogP contribution in [0.3, 0.4) is 0 Å². The van der Waals surface area contributed by atoms with Gasteiger partial charge in [0.05, 0.1) is 11.6 Å². The quantitative estimate of drug-likeness (QED) is 0.779. The number of anilines is 2.